The molecule has 5 nitrogen and oxygen atoms in total. The number of amides is 1. The van der Waals surface area contributed by atoms with Gasteiger partial charge >= 0.3 is 0 Å². The Morgan fingerprint density at radius 3 is 3.10 bits per heavy atom. The summed E-state index contributed by atoms with van der Waals surface area (Å²) in [5.74, 6) is 0.00766. The first-order chi connectivity index (χ1) is 9.60. The normalized spacial score (nSPS) is 21.4. The van der Waals surface area contributed by atoms with Crippen molar-refractivity contribution < 1.29 is 9.53 Å². The number of carbonyl (C=O) groups excluding carboxylic acids is 1. The molecule has 1 aromatic rings. The lowest BCUT2D eigenvalue weighted by Crippen LogP contribution is -2.50. The average molecular weight is 277 g/mol. The number of nitrogens with one attached hydrogen (secondary N) is 1. The Bertz CT molecular complexity index is 464. The van der Waals surface area contributed by atoms with E-state index in [2.05, 4.69) is 10.2 Å². The Morgan fingerprint density at radius 2 is 2.40 bits per heavy atom. The summed E-state index contributed by atoms with van der Waals surface area (Å²) in [7, 11) is 0. The van der Waals surface area contributed by atoms with Crippen molar-refractivity contribution in [2.75, 3.05) is 25.0 Å². The molecule has 2 rings (SSSR count). The quantitative estimate of drug-likeness (QED) is 0.867. The topological polar surface area (TPSA) is 67.6 Å². The third-order valence-corrected chi connectivity index (χ3v) is 3.63. The molecule has 5 heteroatoms. The fourth-order valence-electron chi connectivity index (χ4n) is 2.39. The maximum absolute atomic E-state index is 12.3. The van der Waals surface area contributed by atoms with Gasteiger partial charge in [0.1, 0.15) is 0 Å². The van der Waals surface area contributed by atoms with E-state index in [1.807, 2.05) is 38.1 Å². The summed E-state index contributed by atoms with van der Waals surface area (Å²) in [6, 6.07) is 7.48. The Kier molecular flexibility index (Phi) is 5.11. The zero-order chi connectivity index (χ0) is 14.5. The molecule has 1 fully saturated rings. The van der Waals surface area contributed by atoms with Crippen LogP contribution in [0.1, 0.15) is 19.4 Å². The molecular weight excluding hydrogens is 254 g/mol. The molecule has 1 heterocycles. The highest BCUT2D eigenvalue weighted by Gasteiger charge is 2.25. The van der Waals surface area contributed by atoms with Crippen LogP contribution >= 0.6 is 0 Å². The number of ether oxygens (including phenoxy) is 1. The number of hydrogen-bond acceptors (Lipinski definition) is 4. The molecule has 1 saturated heterocycles. The molecule has 20 heavy (non-hydrogen) atoms. The highest BCUT2D eigenvalue weighted by atomic mass is 16.5. The molecule has 0 radical (unpaired) electrons. The van der Waals surface area contributed by atoms with Crippen LogP contribution in [0.15, 0.2) is 24.3 Å². The number of nitrogens with zero attached hydrogens (tertiary/aromatic N) is 1. The number of morpholine rings is 1. The number of rotatable bonds is 4. The van der Waals surface area contributed by atoms with Crippen LogP contribution in [0, 0.1) is 0 Å². The van der Waals surface area contributed by atoms with Crippen molar-refractivity contribution >= 4 is 11.6 Å². The van der Waals surface area contributed by atoms with Crippen molar-refractivity contribution in [1.82, 2.24) is 4.90 Å². The lowest BCUT2D eigenvalue weighted by molar-refractivity contribution is -0.123. The number of carbonyl (C=O) groups is 1. The first-order valence-corrected chi connectivity index (χ1v) is 7.05. The van der Waals surface area contributed by atoms with Crippen LogP contribution in [0.4, 0.5) is 5.69 Å². The Hall–Kier alpha value is -1.43. The van der Waals surface area contributed by atoms with Crippen LogP contribution in [0.5, 0.6) is 0 Å². The van der Waals surface area contributed by atoms with Crippen LogP contribution < -0.4 is 11.1 Å². The number of nitrogens with two attached hydrogens (primary N) is 1. The van der Waals surface area contributed by atoms with E-state index in [0.29, 0.717) is 13.2 Å². The summed E-state index contributed by atoms with van der Waals surface area (Å²) >= 11 is 0. The molecule has 3 N–H and O–H groups in total. The van der Waals surface area contributed by atoms with Crippen molar-refractivity contribution in [3.8, 4) is 0 Å². The lowest BCUT2D eigenvalue weighted by Gasteiger charge is -2.34. The second-order valence-electron chi connectivity index (χ2n) is 5.25. The largest absolute Gasteiger partial charge is 0.376 e. The molecule has 0 saturated carbocycles. The van der Waals surface area contributed by atoms with E-state index < -0.39 is 0 Å². The molecule has 0 bridgehead atoms. The summed E-state index contributed by atoms with van der Waals surface area (Å²) in [6.07, 6.45) is 0.180. The molecule has 0 aromatic heterocycles. The highest BCUT2D eigenvalue weighted by Crippen LogP contribution is 2.13. The molecule has 110 valence electrons. The van der Waals surface area contributed by atoms with Gasteiger partial charge in [0.05, 0.1) is 18.8 Å². The average Bonchev–Trinajstić information content (AvgIpc) is 2.46. The zero-order valence-corrected chi connectivity index (χ0v) is 12.1. The first kappa shape index (κ1) is 15.0. The van der Waals surface area contributed by atoms with Crippen molar-refractivity contribution in [3.05, 3.63) is 29.8 Å². The summed E-state index contributed by atoms with van der Waals surface area (Å²) < 4.78 is 5.50. The van der Waals surface area contributed by atoms with Gasteiger partial charge in [-0.25, -0.2) is 0 Å². The van der Waals surface area contributed by atoms with Crippen LogP contribution in [0.2, 0.25) is 0 Å². The molecule has 1 aliphatic rings. The number of benzene rings is 1. The highest BCUT2D eigenvalue weighted by molar-refractivity contribution is 5.94. The molecule has 1 aliphatic heterocycles. The van der Waals surface area contributed by atoms with Crippen molar-refractivity contribution in [2.45, 2.75) is 32.5 Å². The van der Waals surface area contributed by atoms with Gasteiger partial charge in [-0.1, -0.05) is 12.1 Å². The minimum Gasteiger partial charge on any atom is -0.376 e. The molecule has 0 spiro atoms. The summed E-state index contributed by atoms with van der Waals surface area (Å²) in [5.41, 5.74) is 7.41. The van der Waals surface area contributed by atoms with E-state index in [-0.39, 0.29) is 18.1 Å². The van der Waals surface area contributed by atoms with Crippen LogP contribution in [0.25, 0.3) is 0 Å². The molecule has 1 amide bonds. The van der Waals surface area contributed by atoms with Gasteiger partial charge in [0.15, 0.2) is 0 Å². The van der Waals surface area contributed by atoms with Gasteiger partial charge in [0, 0.05) is 25.3 Å². The second-order valence-corrected chi connectivity index (χ2v) is 5.25. The van der Waals surface area contributed by atoms with E-state index >= 15 is 0 Å². The van der Waals surface area contributed by atoms with Crippen LogP contribution in [-0.4, -0.2) is 42.6 Å². The van der Waals surface area contributed by atoms with Gasteiger partial charge in [-0.05, 0) is 31.5 Å². The van der Waals surface area contributed by atoms with Gasteiger partial charge in [0.25, 0.3) is 0 Å². The summed E-state index contributed by atoms with van der Waals surface area (Å²) in [5, 5.41) is 2.95. The smallest absolute Gasteiger partial charge is 0.241 e. The number of hydrogen-bond donors (Lipinski definition) is 2. The van der Waals surface area contributed by atoms with Crippen LogP contribution in [-0.2, 0) is 16.1 Å². The van der Waals surface area contributed by atoms with Crippen molar-refractivity contribution in [1.29, 1.82) is 0 Å². The minimum absolute atomic E-state index is 0.00766. The fourth-order valence-corrected chi connectivity index (χ4v) is 2.39. The predicted molar refractivity (Wildman–Crippen MR) is 79.4 cm³/mol. The van der Waals surface area contributed by atoms with E-state index in [4.69, 9.17) is 10.5 Å². The van der Waals surface area contributed by atoms with Crippen LogP contribution in [0.3, 0.4) is 0 Å². The van der Waals surface area contributed by atoms with Gasteiger partial charge < -0.3 is 15.8 Å². The molecular formula is C15H23N3O2. The Labute approximate surface area is 120 Å². The van der Waals surface area contributed by atoms with Gasteiger partial charge in [-0.2, -0.15) is 0 Å². The van der Waals surface area contributed by atoms with Crippen molar-refractivity contribution in [2.24, 2.45) is 5.73 Å². The molecule has 1 aromatic carbocycles. The Balaban J connectivity index is 1.96. The van der Waals surface area contributed by atoms with E-state index in [1.54, 1.807) is 0 Å². The third kappa shape index (κ3) is 3.79. The SMILES string of the molecule is CC1CN(C(C)C(=O)Nc2cccc(CN)c2)CCO1. The Morgan fingerprint density at radius 1 is 1.60 bits per heavy atom. The monoisotopic (exact) mass is 277 g/mol. The second kappa shape index (κ2) is 6.83. The lowest BCUT2D eigenvalue weighted by atomic mass is 10.1. The zero-order valence-electron chi connectivity index (χ0n) is 12.1. The maximum atomic E-state index is 12.3. The number of anilines is 1. The van der Waals surface area contributed by atoms with E-state index in [0.717, 1.165) is 24.3 Å². The van der Waals surface area contributed by atoms with Gasteiger partial charge in [-0.15, -0.1) is 0 Å². The standard InChI is InChI=1S/C15H23N3O2/c1-11-10-18(6-7-20-11)12(2)15(19)17-14-5-3-4-13(8-14)9-16/h3-5,8,11-12H,6-7,9-10,16H2,1-2H3,(H,17,19). The fraction of sp³-hybridized carbons (Fsp3) is 0.533. The maximum Gasteiger partial charge on any atom is 0.241 e. The molecule has 2 atom stereocenters. The molecule has 2 unspecified atom stereocenters. The third-order valence-electron chi connectivity index (χ3n) is 3.63. The van der Waals surface area contributed by atoms with E-state index in [1.165, 1.54) is 0 Å². The first-order valence-electron chi connectivity index (χ1n) is 7.05. The summed E-state index contributed by atoms with van der Waals surface area (Å²) in [6.45, 7) is 6.70. The molecule has 0 aliphatic carbocycles. The van der Waals surface area contributed by atoms with Gasteiger partial charge in [0.2, 0.25) is 5.91 Å². The van der Waals surface area contributed by atoms with E-state index in [9.17, 15) is 4.79 Å². The van der Waals surface area contributed by atoms with Gasteiger partial charge in [-0.3, -0.25) is 9.69 Å². The summed E-state index contributed by atoms with van der Waals surface area (Å²) in [4.78, 5) is 14.4. The van der Waals surface area contributed by atoms with Crippen molar-refractivity contribution in [3.63, 3.8) is 0 Å². The minimum atomic E-state index is -0.164. The predicted octanol–water partition coefficient (Wildman–Crippen LogP) is 1.19.